The van der Waals surface area contributed by atoms with Crippen LogP contribution < -0.4 is 4.18 Å². The summed E-state index contributed by atoms with van der Waals surface area (Å²) in [6, 6.07) is 0.0363. The van der Waals surface area contributed by atoms with Gasteiger partial charge in [0.15, 0.2) is 11.6 Å². The van der Waals surface area contributed by atoms with Crippen molar-refractivity contribution in [2.45, 2.75) is 5.51 Å². The van der Waals surface area contributed by atoms with Gasteiger partial charge in [0.05, 0.1) is 17.1 Å². The summed E-state index contributed by atoms with van der Waals surface area (Å²) in [5, 5.41) is 10.2. The molecule has 106 valence electrons. The fraction of sp³-hybridized carbons (Fsp3) is 0.143. The Bertz CT molecular complexity index is 602. The van der Waals surface area contributed by atoms with Crippen LogP contribution in [0.15, 0.2) is 12.1 Å². The zero-order valence-electron chi connectivity index (χ0n) is 8.44. The van der Waals surface area contributed by atoms with Crippen LogP contribution in [0.25, 0.3) is 0 Å². The van der Waals surface area contributed by atoms with Gasteiger partial charge in [-0.15, -0.1) is 0 Å². The molecule has 0 bridgehead atoms. The first-order chi connectivity index (χ1) is 8.45. The van der Waals surface area contributed by atoms with E-state index in [9.17, 15) is 40.5 Å². The van der Waals surface area contributed by atoms with Crippen LogP contribution in [0.1, 0.15) is 0 Å². The molecule has 6 nitrogen and oxygen atoms in total. The van der Waals surface area contributed by atoms with Gasteiger partial charge in [0, 0.05) is 0 Å². The number of non-ortho nitro benzene ring substituents is 1. The van der Waals surface area contributed by atoms with Crippen molar-refractivity contribution in [2.75, 3.05) is 0 Å². The molecule has 0 amide bonds. The Morgan fingerprint density at radius 2 is 1.58 bits per heavy atom. The first-order valence-corrected chi connectivity index (χ1v) is 5.50. The summed E-state index contributed by atoms with van der Waals surface area (Å²) in [6.45, 7) is 0. The van der Waals surface area contributed by atoms with Crippen LogP contribution in [0.3, 0.4) is 0 Å². The van der Waals surface area contributed by atoms with Crippen LogP contribution in [0.2, 0.25) is 0 Å². The molecule has 0 aliphatic rings. The molecule has 0 aliphatic carbocycles. The number of rotatable bonds is 3. The molecule has 0 heterocycles. The summed E-state index contributed by atoms with van der Waals surface area (Å²) < 4.78 is 86.2. The third-order valence-corrected chi connectivity index (χ3v) is 2.62. The van der Waals surface area contributed by atoms with Crippen LogP contribution in [0.4, 0.5) is 27.6 Å². The van der Waals surface area contributed by atoms with Gasteiger partial charge < -0.3 is 4.18 Å². The van der Waals surface area contributed by atoms with E-state index in [1.54, 1.807) is 0 Å². The van der Waals surface area contributed by atoms with E-state index >= 15 is 0 Å². The predicted molar refractivity (Wildman–Crippen MR) is 48.6 cm³/mol. The van der Waals surface area contributed by atoms with Crippen LogP contribution in [-0.4, -0.2) is 18.8 Å². The van der Waals surface area contributed by atoms with E-state index < -0.39 is 43.6 Å². The first kappa shape index (κ1) is 15.1. The van der Waals surface area contributed by atoms with Gasteiger partial charge in [-0.3, -0.25) is 10.1 Å². The minimum absolute atomic E-state index is 0.0182. The molecule has 0 saturated carbocycles. The van der Waals surface area contributed by atoms with Crippen molar-refractivity contribution in [1.82, 2.24) is 0 Å². The highest BCUT2D eigenvalue weighted by molar-refractivity contribution is 7.88. The molecule has 0 saturated heterocycles. The fourth-order valence-corrected chi connectivity index (χ4v) is 1.36. The van der Waals surface area contributed by atoms with Crippen LogP contribution in [0.5, 0.6) is 5.75 Å². The van der Waals surface area contributed by atoms with E-state index in [2.05, 4.69) is 4.18 Å². The highest BCUT2D eigenvalue weighted by atomic mass is 32.2. The molecule has 1 rings (SSSR count). The third-order valence-electron chi connectivity index (χ3n) is 1.67. The third kappa shape index (κ3) is 3.07. The Morgan fingerprint density at radius 3 is 1.89 bits per heavy atom. The maximum absolute atomic E-state index is 13.1. The maximum Gasteiger partial charge on any atom is 0.534 e. The van der Waals surface area contributed by atoms with E-state index in [1.165, 1.54) is 0 Å². The number of halogens is 5. The molecule has 0 unspecified atom stereocenters. The van der Waals surface area contributed by atoms with Gasteiger partial charge in [0.2, 0.25) is 5.75 Å². The summed E-state index contributed by atoms with van der Waals surface area (Å²) >= 11 is 0. The second-order valence-electron chi connectivity index (χ2n) is 2.98. The van der Waals surface area contributed by atoms with Crippen LogP contribution in [0, 0.1) is 21.7 Å². The first-order valence-electron chi connectivity index (χ1n) is 4.10. The van der Waals surface area contributed by atoms with Crippen molar-refractivity contribution in [3.8, 4) is 5.75 Å². The lowest BCUT2D eigenvalue weighted by atomic mass is 10.3. The summed E-state index contributed by atoms with van der Waals surface area (Å²) in [6.07, 6.45) is 0. The Hall–Kier alpha value is -1.98. The molecule has 0 radical (unpaired) electrons. The summed E-state index contributed by atoms with van der Waals surface area (Å²) in [7, 11) is -6.28. The summed E-state index contributed by atoms with van der Waals surface area (Å²) in [5.74, 6) is -5.82. The minimum atomic E-state index is -6.28. The van der Waals surface area contributed by atoms with E-state index in [1.807, 2.05) is 0 Å². The average Bonchev–Trinajstić information content (AvgIpc) is 2.21. The second-order valence-corrected chi connectivity index (χ2v) is 4.52. The fourth-order valence-electron chi connectivity index (χ4n) is 0.888. The zero-order valence-corrected chi connectivity index (χ0v) is 9.26. The van der Waals surface area contributed by atoms with Crippen molar-refractivity contribution in [3.63, 3.8) is 0 Å². The highest BCUT2D eigenvalue weighted by Crippen LogP contribution is 2.32. The number of hydrogen-bond acceptors (Lipinski definition) is 5. The van der Waals surface area contributed by atoms with Crippen molar-refractivity contribution in [2.24, 2.45) is 0 Å². The molecule has 0 fully saturated rings. The van der Waals surface area contributed by atoms with Gasteiger partial charge in [0.1, 0.15) is 0 Å². The largest absolute Gasteiger partial charge is 0.534 e. The monoisotopic (exact) mass is 307 g/mol. The van der Waals surface area contributed by atoms with Gasteiger partial charge in [-0.25, -0.2) is 8.78 Å². The zero-order chi connectivity index (χ0) is 15.0. The average molecular weight is 307 g/mol. The van der Waals surface area contributed by atoms with Crippen molar-refractivity contribution in [1.29, 1.82) is 0 Å². The molecule has 0 aromatic heterocycles. The van der Waals surface area contributed by atoms with Gasteiger partial charge >= 0.3 is 15.6 Å². The highest BCUT2D eigenvalue weighted by Gasteiger charge is 2.49. The molecular weight excluding hydrogens is 305 g/mol. The van der Waals surface area contributed by atoms with Crippen molar-refractivity contribution < 1.29 is 39.5 Å². The van der Waals surface area contributed by atoms with Crippen molar-refractivity contribution in [3.05, 3.63) is 33.9 Å². The van der Waals surface area contributed by atoms with E-state index in [0.29, 0.717) is 0 Å². The molecule has 0 atom stereocenters. The molecule has 19 heavy (non-hydrogen) atoms. The van der Waals surface area contributed by atoms with Crippen molar-refractivity contribution >= 4 is 15.8 Å². The van der Waals surface area contributed by atoms with Gasteiger partial charge in [0.25, 0.3) is 5.69 Å². The normalized spacial score (nSPS) is 12.3. The molecule has 0 aliphatic heterocycles. The lowest BCUT2D eigenvalue weighted by molar-refractivity contribution is -0.385. The second kappa shape index (κ2) is 4.60. The number of nitro groups is 1. The van der Waals surface area contributed by atoms with Crippen LogP contribution in [-0.2, 0) is 10.1 Å². The van der Waals surface area contributed by atoms with Gasteiger partial charge in [-0.1, -0.05) is 0 Å². The lowest BCUT2D eigenvalue weighted by Gasteiger charge is -2.10. The van der Waals surface area contributed by atoms with Gasteiger partial charge in [-0.05, 0) is 0 Å². The summed E-state index contributed by atoms with van der Waals surface area (Å²) in [4.78, 5) is 8.97. The van der Waals surface area contributed by atoms with Crippen LogP contribution >= 0.6 is 0 Å². The van der Waals surface area contributed by atoms with E-state index in [0.717, 1.165) is 0 Å². The number of alkyl halides is 3. The number of nitrogens with zero attached hydrogens (tertiary/aromatic N) is 1. The predicted octanol–water partition coefficient (Wildman–Crippen LogP) is 2.10. The summed E-state index contributed by atoms with van der Waals surface area (Å²) in [5.41, 5.74) is -7.01. The SMILES string of the molecule is O=[N+]([O-])c1cc(F)c(OS(=O)(=O)C(F)(F)F)c(F)c1. The number of benzene rings is 1. The minimum Gasteiger partial charge on any atom is -0.370 e. The maximum atomic E-state index is 13.1. The quantitative estimate of drug-likeness (QED) is 0.280. The Kier molecular flexibility index (Phi) is 3.65. The molecule has 0 N–H and O–H groups in total. The number of nitro benzene ring substituents is 1. The Morgan fingerprint density at radius 1 is 1.16 bits per heavy atom. The molecule has 1 aromatic carbocycles. The molecule has 12 heteroatoms. The lowest BCUT2D eigenvalue weighted by Crippen LogP contribution is -2.28. The number of hydrogen-bond donors (Lipinski definition) is 0. The smallest absolute Gasteiger partial charge is 0.370 e. The Labute approximate surface area is 101 Å². The topological polar surface area (TPSA) is 86.5 Å². The molecule has 0 spiro atoms. The van der Waals surface area contributed by atoms with E-state index in [-0.39, 0.29) is 12.1 Å². The standard InChI is InChI=1S/C7H2F5NO5S/c8-4-1-3(13(14)15)2-5(9)6(4)18-19(16,17)7(10,11)12/h1-2H. The molecular formula is C7H2F5NO5S. The van der Waals surface area contributed by atoms with Gasteiger partial charge in [-0.2, -0.15) is 21.6 Å². The van der Waals surface area contributed by atoms with E-state index in [4.69, 9.17) is 0 Å². The Balaban J connectivity index is 3.29. The molecule has 1 aromatic rings.